The Hall–Kier alpha value is -5.42. The number of hydrogen-bond acceptors (Lipinski definition) is 8. The van der Waals surface area contributed by atoms with Crippen molar-refractivity contribution in [3.8, 4) is 23.0 Å². The summed E-state index contributed by atoms with van der Waals surface area (Å²) >= 11 is 0. The Kier molecular flexibility index (Phi) is 8.72. The zero-order valence-corrected chi connectivity index (χ0v) is 18.9. The first-order valence-corrected chi connectivity index (χ1v) is 10.0. The molecule has 0 amide bonds. The average molecular weight is 576 g/mol. The molecule has 0 saturated heterocycles. The lowest BCUT2D eigenvalue weighted by molar-refractivity contribution is -0.385. The van der Waals surface area contributed by atoms with Gasteiger partial charge in [0.2, 0.25) is 34.8 Å². The zero-order chi connectivity index (χ0) is 29.7. The Bertz CT molecular complexity index is 1420. The van der Waals surface area contributed by atoms with Crippen LogP contribution in [-0.2, 0) is 0 Å². The molecule has 0 spiro atoms. The van der Waals surface area contributed by atoms with E-state index in [9.17, 15) is 55.4 Å². The molecule has 0 aliphatic heterocycles. The summed E-state index contributed by atoms with van der Waals surface area (Å²) in [6, 6.07) is 8.08. The second-order valence-corrected chi connectivity index (χ2v) is 7.01. The van der Waals surface area contributed by atoms with Gasteiger partial charge >= 0.3 is 0 Å². The highest BCUT2D eigenvalue weighted by Crippen LogP contribution is 2.31. The lowest BCUT2D eigenvalue weighted by Gasteiger charge is -2.08. The summed E-state index contributed by atoms with van der Waals surface area (Å²) in [5, 5.41) is 20.8. The highest BCUT2D eigenvalue weighted by Gasteiger charge is 2.24. The van der Waals surface area contributed by atoms with Crippen molar-refractivity contribution in [3.05, 3.63) is 116 Å². The van der Waals surface area contributed by atoms with Gasteiger partial charge in [0, 0.05) is 24.3 Å². The third-order valence-corrected chi connectivity index (χ3v) is 4.45. The molecule has 0 N–H and O–H groups in total. The number of pyridine rings is 2. The molecule has 2 aromatic carbocycles. The maximum absolute atomic E-state index is 13.3. The van der Waals surface area contributed by atoms with Crippen molar-refractivity contribution in [2.24, 2.45) is 0 Å². The lowest BCUT2D eigenvalue weighted by atomic mass is 10.3. The minimum absolute atomic E-state index is 0.238. The number of nitrogens with zero attached hydrogens (tertiary/aromatic N) is 4. The number of ether oxygens (including phenoxy) is 2. The van der Waals surface area contributed by atoms with Gasteiger partial charge in [-0.15, -0.1) is 0 Å². The van der Waals surface area contributed by atoms with E-state index < -0.39 is 68.4 Å². The molecule has 0 atom stereocenters. The molecule has 0 aliphatic carbocycles. The normalized spacial score (nSPS) is 10.4. The van der Waals surface area contributed by atoms with Gasteiger partial charge in [0.25, 0.3) is 35.2 Å². The second-order valence-electron chi connectivity index (χ2n) is 7.01. The highest BCUT2D eigenvalue weighted by molar-refractivity contribution is 5.40. The van der Waals surface area contributed by atoms with Crippen LogP contribution >= 0.6 is 0 Å². The monoisotopic (exact) mass is 576 g/mol. The second kappa shape index (κ2) is 12.0. The topological polar surface area (TPSA) is 131 Å². The highest BCUT2D eigenvalue weighted by atomic mass is 19.2. The molecule has 0 bridgehead atoms. The summed E-state index contributed by atoms with van der Waals surface area (Å²) in [5.74, 6) is -17.8. The van der Waals surface area contributed by atoms with Crippen LogP contribution in [0.25, 0.3) is 0 Å². The van der Waals surface area contributed by atoms with E-state index in [2.05, 4.69) is 19.4 Å². The molecule has 0 fully saturated rings. The minimum Gasteiger partial charge on any atom is -0.451 e. The van der Waals surface area contributed by atoms with Gasteiger partial charge in [-0.05, 0) is 24.3 Å². The summed E-state index contributed by atoms with van der Waals surface area (Å²) in [5.41, 5.74) is -0.573. The first-order chi connectivity index (χ1) is 18.8. The SMILES string of the molecule is O=[N+]([O-])c1ccc(Oc2c(F)c(F)nc(F)c2F)cc1.O=[N+]([O-])c1ccc(Oc2c(F)c(F)nc(F)c2F)cc1. The van der Waals surface area contributed by atoms with Crippen molar-refractivity contribution in [1.29, 1.82) is 0 Å². The van der Waals surface area contributed by atoms with Crippen LogP contribution in [-0.4, -0.2) is 19.8 Å². The molecule has 0 unspecified atom stereocenters. The van der Waals surface area contributed by atoms with Crippen molar-refractivity contribution in [2.45, 2.75) is 0 Å². The van der Waals surface area contributed by atoms with E-state index in [4.69, 9.17) is 0 Å². The fourth-order valence-corrected chi connectivity index (χ4v) is 2.62. The van der Waals surface area contributed by atoms with Gasteiger partial charge in [-0.3, -0.25) is 20.2 Å². The Morgan fingerprint density at radius 1 is 0.500 bits per heavy atom. The summed E-state index contributed by atoms with van der Waals surface area (Å²) in [7, 11) is 0. The van der Waals surface area contributed by atoms with Crippen LogP contribution in [0.1, 0.15) is 0 Å². The summed E-state index contributed by atoms with van der Waals surface area (Å²) < 4.78 is 114. The smallest absolute Gasteiger partial charge is 0.269 e. The fraction of sp³-hybridized carbons (Fsp3) is 0. The van der Waals surface area contributed by atoms with Crippen molar-refractivity contribution < 1.29 is 54.4 Å². The molecule has 208 valence electrons. The summed E-state index contributed by atoms with van der Waals surface area (Å²) in [6.07, 6.45) is 0. The number of benzene rings is 2. The third kappa shape index (κ3) is 6.52. The largest absolute Gasteiger partial charge is 0.451 e. The zero-order valence-electron chi connectivity index (χ0n) is 18.9. The maximum atomic E-state index is 13.3. The molecule has 10 nitrogen and oxygen atoms in total. The van der Waals surface area contributed by atoms with Crippen LogP contribution in [0, 0.1) is 67.3 Å². The Morgan fingerprint density at radius 2 is 0.750 bits per heavy atom. The fourth-order valence-electron chi connectivity index (χ4n) is 2.62. The van der Waals surface area contributed by atoms with E-state index in [0.29, 0.717) is 0 Å². The number of halogens is 8. The molecular formula is C22H8F8N4O6. The van der Waals surface area contributed by atoms with Gasteiger partial charge in [0.15, 0.2) is 0 Å². The maximum Gasteiger partial charge on any atom is 0.269 e. The summed E-state index contributed by atoms with van der Waals surface area (Å²) in [4.78, 5) is 24.1. The quantitative estimate of drug-likeness (QED) is 0.108. The molecular weight excluding hydrogens is 568 g/mol. The van der Waals surface area contributed by atoms with E-state index in [0.717, 1.165) is 48.5 Å². The molecule has 40 heavy (non-hydrogen) atoms. The Morgan fingerprint density at radius 3 is 0.975 bits per heavy atom. The number of aromatic nitrogens is 2. The van der Waals surface area contributed by atoms with Gasteiger partial charge in [0.1, 0.15) is 11.5 Å². The Labute approximate surface area is 215 Å². The number of rotatable bonds is 6. The van der Waals surface area contributed by atoms with Crippen LogP contribution in [0.2, 0.25) is 0 Å². The average Bonchev–Trinajstić information content (AvgIpc) is 2.92. The van der Waals surface area contributed by atoms with Gasteiger partial charge in [0.05, 0.1) is 9.85 Å². The molecule has 4 aromatic rings. The van der Waals surface area contributed by atoms with Crippen LogP contribution in [0.4, 0.5) is 46.5 Å². The van der Waals surface area contributed by atoms with Crippen molar-refractivity contribution in [2.75, 3.05) is 0 Å². The van der Waals surface area contributed by atoms with Crippen LogP contribution in [0.3, 0.4) is 0 Å². The number of hydrogen-bond donors (Lipinski definition) is 0. The minimum atomic E-state index is -1.86. The van der Waals surface area contributed by atoms with Gasteiger partial charge < -0.3 is 9.47 Å². The number of nitro groups is 2. The van der Waals surface area contributed by atoms with E-state index in [1.165, 1.54) is 0 Å². The Balaban J connectivity index is 0.000000220. The van der Waals surface area contributed by atoms with Crippen molar-refractivity contribution >= 4 is 11.4 Å². The van der Waals surface area contributed by atoms with Gasteiger partial charge in [-0.25, -0.2) is 0 Å². The van der Waals surface area contributed by atoms with E-state index in [-0.39, 0.29) is 22.9 Å². The van der Waals surface area contributed by atoms with Crippen molar-refractivity contribution in [1.82, 2.24) is 9.97 Å². The molecule has 2 heterocycles. The van der Waals surface area contributed by atoms with Gasteiger partial charge in [-0.2, -0.15) is 45.1 Å². The summed E-state index contributed by atoms with van der Waals surface area (Å²) in [6.45, 7) is 0. The number of nitro benzene ring substituents is 2. The van der Waals surface area contributed by atoms with Crippen LogP contribution in [0.5, 0.6) is 23.0 Å². The molecule has 0 saturated carbocycles. The number of non-ortho nitro benzene ring substituents is 2. The predicted octanol–water partition coefficient (Wildman–Crippen LogP) is 6.68. The molecule has 2 aromatic heterocycles. The molecule has 0 radical (unpaired) electrons. The first kappa shape index (κ1) is 29.1. The van der Waals surface area contributed by atoms with Gasteiger partial charge in [-0.1, -0.05) is 0 Å². The predicted molar refractivity (Wildman–Crippen MR) is 114 cm³/mol. The molecule has 18 heteroatoms. The van der Waals surface area contributed by atoms with Crippen molar-refractivity contribution in [3.63, 3.8) is 0 Å². The van der Waals surface area contributed by atoms with Crippen LogP contribution < -0.4 is 9.47 Å². The van der Waals surface area contributed by atoms with E-state index in [1.54, 1.807) is 0 Å². The molecule has 0 aliphatic rings. The standard InChI is InChI=1S/2C11H4F4N2O3/c2*12-7-9(8(13)11(15)16-10(7)14)20-6-3-1-5(2-4-6)17(18)19/h2*1-4H. The third-order valence-electron chi connectivity index (χ3n) is 4.45. The first-order valence-electron chi connectivity index (χ1n) is 10.0. The van der Waals surface area contributed by atoms with E-state index in [1.807, 2.05) is 0 Å². The molecule has 4 rings (SSSR count). The van der Waals surface area contributed by atoms with E-state index >= 15 is 0 Å². The lowest BCUT2D eigenvalue weighted by Crippen LogP contribution is -2.03. The van der Waals surface area contributed by atoms with Crippen LogP contribution in [0.15, 0.2) is 48.5 Å².